The van der Waals surface area contributed by atoms with Gasteiger partial charge in [-0.25, -0.2) is 4.79 Å². The summed E-state index contributed by atoms with van der Waals surface area (Å²) >= 11 is 1.76. The number of hydrogen-bond acceptors (Lipinski definition) is 3. The van der Waals surface area contributed by atoms with Crippen LogP contribution >= 0.6 is 11.3 Å². The Kier molecular flexibility index (Phi) is 7.09. The van der Waals surface area contributed by atoms with Crippen molar-refractivity contribution in [3.05, 3.63) is 57.8 Å². The first-order valence-corrected chi connectivity index (χ1v) is 11.0. The van der Waals surface area contributed by atoms with Gasteiger partial charge in [-0.1, -0.05) is 43.7 Å². The topological polar surface area (TPSA) is 52.7 Å². The highest BCUT2D eigenvalue weighted by molar-refractivity contribution is 7.10. The third-order valence-electron chi connectivity index (χ3n) is 5.12. The zero-order chi connectivity index (χ0) is 19.9. The van der Waals surface area contributed by atoms with Crippen molar-refractivity contribution in [1.29, 1.82) is 0 Å². The Hall–Kier alpha value is -2.34. The average Bonchev–Trinajstić information content (AvgIpc) is 3.19. The van der Waals surface area contributed by atoms with E-state index in [1.165, 1.54) is 10.4 Å². The fraction of sp³-hybridized carbons (Fsp3) is 0.455. The Bertz CT molecular complexity index is 790. The third-order valence-corrected chi connectivity index (χ3v) is 6.12. The van der Waals surface area contributed by atoms with Crippen LogP contribution in [-0.2, 0) is 11.2 Å². The molecule has 3 rings (SSSR count). The van der Waals surface area contributed by atoms with Crippen LogP contribution in [0.15, 0.2) is 41.8 Å². The normalized spacial score (nSPS) is 15.8. The number of amides is 3. The number of hydrogen-bond donors (Lipinski definition) is 1. The van der Waals surface area contributed by atoms with Crippen LogP contribution in [0.2, 0.25) is 0 Å². The van der Waals surface area contributed by atoms with Crippen LogP contribution in [0.25, 0.3) is 0 Å². The van der Waals surface area contributed by atoms with E-state index in [1.54, 1.807) is 16.2 Å². The van der Waals surface area contributed by atoms with Crippen molar-refractivity contribution in [2.24, 2.45) is 0 Å². The van der Waals surface area contributed by atoms with Gasteiger partial charge < -0.3 is 15.1 Å². The predicted molar refractivity (Wildman–Crippen MR) is 114 cm³/mol. The number of thiophene rings is 1. The predicted octanol–water partition coefficient (Wildman–Crippen LogP) is 4.05. The summed E-state index contributed by atoms with van der Waals surface area (Å²) in [5.74, 6) is 0.00746. The lowest BCUT2D eigenvalue weighted by atomic mass is 9.93. The summed E-state index contributed by atoms with van der Waals surface area (Å²) in [6, 6.07) is 12.1. The van der Waals surface area contributed by atoms with Crippen molar-refractivity contribution in [2.45, 2.75) is 39.2 Å². The SMILES string of the molecule is CCCCN(CC(=O)N1CCc2sccc2C1c1ccccc1)C(=O)NCC. The van der Waals surface area contributed by atoms with Gasteiger partial charge in [0.25, 0.3) is 0 Å². The molecule has 0 aliphatic carbocycles. The van der Waals surface area contributed by atoms with E-state index in [2.05, 4.69) is 35.8 Å². The number of unbranched alkanes of at least 4 members (excludes halogenated alkanes) is 1. The summed E-state index contributed by atoms with van der Waals surface area (Å²) in [5.41, 5.74) is 2.34. The maximum absolute atomic E-state index is 13.3. The van der Waals surface area contributed by atoms with E-state index in [1.807, 2.05) is 30.0 Å². The number of rotatable bonds is 7. The molecule has 0 spiro atoms. The van der Waals surface area contributed by atoms with E-state index >= 15 is 0 Å². The Morgan fingerprint density at radius 1 is 1.21 bits per heavy atom. The number of nitrogens with zero attached hydrogens (tertiary/aromatic N) is 2. The van der Waals surface area contributed by atoms with Gasteiger partial charge in [0.15, 0.2) is 0 Å². The Morgan fingerprint density at radius 3 is 2.71 bits per heavy atom. The molecule has 3 amide bonds. The minimum Gasteiger partial charge on any atom is -0.338 e. The zero-order valence-electron chi connectivity index (χ0n) is 16.7. The van der Waals surface area contributed by atoms with Gasteiger partial charge in [0.05, 0.1) is 6.04 Å². The van der Waals surface area contributed by atoms with Gasteiger partial charge in [-0.05, 0) is 42.3 Å². The van der Waals surface area contributed by atoms with Crippen LogP contribution in [-0.4, -0.2) is 47.9 Å². The molecule has 2 aromatic rings. The first kappa shape index (κ1) is 20.4. The van der Waals surface area contributed by atoms with E-state index in [9.17, 15) is 9.59 Å². The Morgan fingerprint density at radius 2 is 2.00 bits per heavy atom. The van der Waals surface area contributed by atoms with E-state index in [0.29, 0.717) is 19.6 Å². The lowest BCUT2D eigenvalue weighted by Crippen LogP contribution is -2.49. The zero-order valence-corrected chi connectivity index (χ0v) is 17.5. The molecule has 6 heteroatoms. The van der Waals surface area contributed by atoms with Gasteiger partial charge in [0.1, 0.15) is 6.54 Å². The molecule has 0 saturated heterocycles. The molecule has 1 atom stereocenters. The molecule has 1 unspecified atom stereocenters. The number of fused-ring (bicyclic) bond motifs is 1. The van der Waals surface area contributed by atoms with Gasteiger partial charge in [-0.15, -0.1) is 11.3 Å². The van der Waals surface area contributed by atoms with Crippen molar-refractivity contribution < 1.29 is 9.59 Å². The standard InChI is InChI=1S/C22H29N3O2S/c1-3-5-13-24(22(27)23-4-2)16-20(26)25-14-11-19-18(12-15-28-19)21(25)17-9-7-6-8-10-17/h6-10,12,15,21H,3-5,11,13-14,16H2,1-2H3,(H,23,27). The first-order chi connectivity index (χ1) is 13.7. The minimum atomic E-state index is -0.159. The average molecular weight is 400 g/mol. The van der Waals surface area contributed by atoms with Crippen LogP contribution in [0.5, 0.6) is 0 Å². The van der Waals surface area contributed by atoms with Gasteiger partial charge in [-0.2, -0.15) is 0 Å². The summed E-state index contributed by atoms with van der Waals surface area (Å²) in [4.78, 5) is 30.7. The second-order valence-electron chi connectivity index (χ2n) is 7.06. The quantitative estimate of drug-likeness (QED) is 0.763. The molecule has 1 aromatic heterocycles. The van der Waals surface area contributed by atoms with Crippen LogP contribution in [0.4, 0.5) is 4.79 Å². The molecule has 28 heavy (non-hydrogen) atoms. The highest BCUT2D eigenvalue weighted by Crippen LogP contribution is 2.37. The van der Waals surface area contributed by atoms with Crippen LogP contribution in [0, 0.1) is 0 Å². The number of carbonyl (C=O) groups excluding carboxylic acids is 2. The molecule has 2 heterocycles. The lowest BCUT2D eigenvalue weighted by Gasteiger charge is -2.37. The second-order valence-corrected chi connectivity index (χ2v) is 8.06. The van der Waals surface area contributed by atoms with Crippen LogP contribution in [0.1, 0.15) is 48.7 Å². The molecule has 0 saturated carbocycles. The van der Waals surface area contributed by atoms with Crippen LogP contribution < -0.4 is 5.32 Å². The van der Waals surface area contributed by atoms with Crippen molar-refractivity contribution in [3.8, 4) is 0 Å². The Balaban J connectivity index is 1.83. The fourth-order valence-electron chi connectivity index (χ4n) is 3.70. The molecule has 150 valence electrons. The fourth-order valence-corrected chi connectivity index (χ4v) is 4.60. The monoisotopic (exact) mass is 399 g/mol. The largest absolute Gasteiger partial charge is 0.338 e. The van der Waals surface area contributed by atoms with Gasteiger partial charge in [0.2, 0.25) is 5.91 Å². The summed E-state index contributed by atoms with van der Waals surface area (Å²) in [5, 5.41) is 4.94. The summed E-state index contributed by atoms with van der Waals surface area (Å²) in [6.45, 7) is 5.95. The van der Waals surface area contributed by atoms with Crippen LogP contribution in [0.3, 0.4) is 0 Å². The Labute approximate surface area is 171 Å². The lowest BCUT2D eigenvalue weighted by molar-refractivity contribution is -0.133. The molecule has 0 radical (unpaired) electrons. The number of urea groups is 1. The molecule has 5 nitrogen and oxygen atoms in total. The van der Waals surface area contributed by atoms with E-state index in [0.717, 1.165) is 24.8 Å². The van der Waals surface area contributed by atoms with E-state index in [-0.39, 0.29) is 24.5 Å². The van der Waals surface area contributed by atoms with E-state index < -0.39 is 0 Å². The van der Waals surface area contributed by atoms with E-state index in [4.69, 9.17) is 0 Å². The third kappa shape index (κ3) is 4.55. The van der Waals surface area contributed by atoms with Gasteiger partial charge in [0, 0.05) is 24.5 Å². The molecule has 1 aliphatic rings. The highest BCUT2D eigenvalue weighted by atomic mass is 32.1. The van der Waals surface area contributed by atoms with Crippen molar-refractivity contribution in [2.75, 3.05) is 26.2 Å². The molecular formula is C22H29N3O2S. The smallest absolute Gasteiger partial charge is 0.317 e. The molecule has 1 aliphatic heterocycles. The summed E-state index contributed by atoms with van der Waals surface area (Å²) in [6.07, 6.45) is 2.75. The second kappa shape index (κ2) is 9.73. The molecule has 0 bridgehead atoms. The van der Waals surface area contributed by atoms with Crippen molar-refractivity contribution >= 4 is 23.3 Å². The maximum Gasteiger partial charge on any atom is 0.317 e. The molecule has 1 aromatic carbocycles. The molecule has 0 fully saturated rings. The van der Waals surface area contributed by atoms with Crippen molar-refractivity contribution in [3.63, 3.8) is 0 Å². The van der Waals surface area contributed by atoms with Gasteiger partial charge >= 0.3 is 6.03 Å². The summed E-state index contributed by atoms with van der Waals surface area (Å²) < 4.78 is 0. The molecule has 1 N–H and O–H groups in total. The number of benzene rings is 1. The molecular weight excluding hydrogens is 370 g/mol. The van der Waals surface area contributed by atoms with Crippen molar-refractivity contribution in [1.82, 2.24) is 15.1 Å². The highest BCUT2D eigenvalue weighted by Gasteiger charge is 2.33. The minimum absolute atomic E-state index is 0.00746. The number of carbonyl (C=O) groups is 2. The summed E-state index contributed by atoms with van der Waals surface area (Å²) in [7, 11) is 0. The first-order valence-electron chi connectivity index (χ1n) is 10.1. The maximum atomic E-state index is 13.3. The number of nitrogens with one attached hydrogen (secondary N) is 1. The van der Waals surface area contributed by atoms with Gasteiger partial charge in [-0.3, -0.25) is 4.79 Å².